The Bertz CT molecular complexity index is 196. The summed E-state index contributed by atoms with van der Waals surface area (Å²) in [5.41, 5.74) is 5.36. The fourth-order valence-corrected chi connectivity index (χ4v) is 0.921. The Hall–Kier alpha value is -0.0300. The molecule has 0 rings (SSSR count). The third kappa shape index (κ3) is 16.6. The largest absolute Gasteiger partial charge is 0.465 e. The molecule has 90 valence electrons. The molecule has 0 radical (unpaired) electrons. The van der Waals surface area contributed by atoms with Gasteiger partial charge in [0.15, 0.2) is 0 Å². The Morgan fingerprint density at radius 1 is 1.40 bits per heavy atom. The van der Waals surface area contributed by atoms with Gasteiger partial charge in [-0.1, -0.05) is 0 Å². The number of halogens is 3. The van der Waals surface area contributed by atoms with Gasteiger partial charge in [-0.15, -0.1) is 23.2 Å². The second-order valence-corrected chi connectivity index (χ2v) is 4.26. The summed E-state index contributed by atoms with van der Waals surface area (Å²) in [7, 11) is 0. The van der Waals surface area contributed by atoms with Gasteiger partial charge in [-0.25, -0.2) is 0 Å². The molecule has 0 bridgehead atoms. The number of carbonyl (C=O) groups is 2. The molecule has 0 fully saturated rings. The lowest BCUT2D eigenvalue weighted by molar-refractivity contribution is -0.144. The number of nitrogens with two attached hydrogens (primary N) is 1. The van der Waals surface area contributed by atoms with Crippen molar-refractivity contribution in [2.24, 2.45) is 5.73 Å². The van der Waals surface area contributed by atoms with E-state index in [0.717, 1.165) is 0 Å². The second kappa shape index (κ2) is 10.5. The summed E-state index contributed by atoms with van der Waals surface area (Å²) >= 11 is 15.4. The molecule has 7 heteroatoms. The van der Waals surface area contributed by atoms with Crippen LogP contribution in [0.1, 0.15) is 20.3 Å². The van der Waals surface area contributed by atoms with Gasteiger partial charge in [0.25, 0.3) is 0 Å². The summed E-state index contributed by atoms with van der Waals surface area (Å²) < 4.78 is 4.62. The first kappa shape index (κ1) is 17.4. The van der Waals surface area contributed by atoms with Gasteiger partial charge >= 0.3 is 5.97 Å². The molecule has 0 aromatic rings. The van der Waals surface area contributed by atoms with Gasteiger partial charge in [0.1, 0.15) is 10.9 Å². The van der Waals surface area contributed by atoms with Gasteiger partial charge in [-0.2, -0.15) is 0 Å². The number of rotatable bonds is 4. The molecule has 0 amide bonds. The maximum atomic E-state index is 10.8. The lowest BCUT2D eigenvalue weighted by atomic mass is 10.2. The highest BCUT2D eigenvalue weighted by molar-refractivity contribution is 6.62. The van der Waals surface area contributed by atoms with Gasteiger partial charge in [-0.05, 0) is 18.5 Å². The average molecular weight is 279 g/mol. The van der Waals surface area contributed by atoms with Crippen molar-refractivity contribution in [2.75, 3.05) is 6.61 Å². The minimum absolute atomic E-state index is 0.224. The Kier molecular flexibility index (Phi) is 12.1. The SMILES string of the molecule is CC(=O)Cl.CCOC(=O)[C@@H](N)CC(Cl)Cl. The van der Waals surface area contributed by atoms with Crippen molar-refractivity contribution in [3.63, 3.8) is 0 Å². The molecule has 0 aliphatic carbocycles. The van der Waals surface area contributed by atoms with Crippen LogP contribution in [0, 0.1) is 0 Å². The predicted molar refractivity (Wildman–Crippen MR) is 61.3 cm³/mol. The predicted octanol–water partition coefficient (Wildman–Crippen LogP) is 1.84. The van der Waals surface area contributed by atoms with E-state index in [1.54, 1.807) is 6.92 Å². The van der Waals surface area contributed by atoms with E-state index in [1.807, 2.05) is 0 Å². The number of carbonyl (C=O) groups excluding carboxylic acids is 2. The van der Waals surface area contributed by atoms with Crippen molar-refractivity contribution in [3.05, 3.63) is 0 Å². The van der Waals surface area contributed by atoms with E-state index in [-0.39, 0.29) is 11.7 Å². The van der Waals surface area contributed by atoms with Gasteiger partial charge in [0, 0.05) is 13.3 Å². The monoisotopic (exact) mass is 277 g/mol. The van der Waals surface area contributed by atoms with Crippen molar-refractivity contribution < 1.29 is 14.3 Å². The summed E-state index contributed by atoms with van der Waals surface area (Å²) in [6.45, 7) is 3.33. The lowest BCUT2D eigenvalue weighted by Crippen LogP contribution is -2.33. The zero-order valence-corrected chi connectivity index (χ0v) is 10.8. The third-order valence-corrected chi connectivity index (χ3v) is 1.38. The molecule has 0 aromatic heterocycles. The van der Waals surface area contributed by atoms with E-state index in [2.05, 4.69) is 16.3 Å². The van der Waals surface area contributed by atoms with Crippen molar-refractivity contribution >= 4 is 46.0 Å². The fourth-order valence-electron chi connectivity index (χ4n) is 0.537. The van der Waals surface area contributed by atoms with Crippen LogP contribution in [0.5, 0.6) is 0 Å². The van der Waals surface area contributed by atoms with Crippen LogP contribution in [0.2, 0.25) is 0 Å². The standard InChI is InChI=1S/C6H11Cl2NO2.C2H3ClO/c1-2-11-6(10)4(9)3-5(7)8;1-2(3)4/h4-5H,2-3,9H2,1H3;1H3/t4-;/m0./s1. The van der Waals surface area contributed by atoms with Crippen LogP contribution < -0.4 is 5.73 Å². The minimum Gasteiger partial charge on any atom is -0.465 e. The van der Waals surface area contributed by atoms with Gasteiger partial charge < -0.3 is 10.5 Å². The molecule has 0 aromatic carbocycles. The van der Waals surface area contributed by atoms with E-state index < -0.39 is 16.8 Å². The molecular formula is C8H14Cl3NO3. The Morgan fingerprint density at radius 2 is 1.80 bits per heavy atom. The zero-order valence-electron chi connectivity index (χ0n) is 8.50. The van der Waals surface area contributed by atoms with Gasteiger partial charge in [0.05, 0.1) is 6.61 Å². The first-order chi connectivity index (χ1) is 6.81. The summed E-state index contributed by atoms with van der Waals surface area (Å²) in [6, 6.07) is -0.713. The first-order valence-corrected chi connectivity index (χ1v) is 5.42. The van der Waals surface area contributed by atoms with Gasteiger partial charge in [0.2, 0.25) is 5.24 Å². The zero-order chi connectivity index (χ0) is 12.4. The van der Waals surface area contributed by atoms with E-state index in [4.69, 9.17) is 28.9 Å². The van der Waals surface area contributed by atoms with Crippen molar-refractivity contribution in [1.82, 2.24) is 0 Å². The molecule has 0 aliphatic rings. The average Bonchev–Trinajstić information content (AvgIpc) is 2.02. The van der Waals surface area contributed by atoms with Crippen LogP contribution in [0.4, 0.5) is 0 Å². The smallest absolute Gasteiger partial charge is 0.322 e. The molecule has 0 heterocycles. The van der Waals surface area contributed by atoms with E-state index in [9.17, 15) is 9.59 Å². The summed E-state index contributed by atoms with van der Waals surface area (Å²) in [4.78, 5) is 19.4. The number of ether oxygens (including phenoxy) is 1. The Labute approximate surface area is 104 Å². The minimum atomic E-state index is -0.713. The van der Waals surface area contributed by atoms with Crippen LogP contribution in [-0.4, -0.2) is 28.7 Å². The molecule has 0 saturated carbocycles. The molecule has 15 heavy (non-hydrogen) atoms. The van der Waals surface area contributed by atoms with Crippen molar-refractivity contribution in [3.8, 4) is 0 Å². The summed E-state index contributed by atoms with van der Waals surface area (Å²) in [5, 5.41) is -0.361. The number of hydrogen-bond acceptors (Lipinski definition) is 4. The Morgan fingerprint density at radius 3 is 2.07 bits per heavy atom. The maximum Gasteiger partial charge on any atom is 0.322 e. The molecule has 0 spiro atoms. The van der Waals surface area contributed by atoms with Crippen LogP contribution >= 0.6 is 34.8 Å². The van der Waals surface area contributed by atoms with Crippen LogP contribution in [-0.2, 0) is 14.3 Å². The second-order valence-electron chi connectivity index (χ2n) is 2.46. The van der Waals surface area contributed by atoms with E-state index in [1.165, 1.54) is 6.92 Å². The summed E-state index contributed by atoms with van der Waals surface area (Å²) in [6.07, 6.45) is 0.224. The highest BCUT2D eigenvalue weighted by Gasteiger charge is 2.17. The number of alkyl halides is 2. The molecule has 2 N–H and O–H groups in total. The van der Waals surface area contributed by atoms with E-state index in [0.29, 0.717) is 6.61 Å². The maximum absolute atomic E-state index is 10.8. The Balaban J connectivity index is 0. The molecule has 4 nitrogen and oxygen atoms in total. The highest BCUT2D eigenvalue weighted by Crippen LogP contribution is 2.09. The molecular weight excluding hydrogens is 264 g/mol. The van der Waals surface area contributed by atoms with Gasteiger partial charge in [-0.3, -0.25) is 9.59 Å². The summed E-state index contributed by atoms with van der Waals surface area (Å²) in [5.74, 6) is -0.459. The number of esters is 1. The van der Waals surface area contributed by atoms with Crippen LogP contribution in [0.15, 0.2) is 0 Å². The topological polar surface area (TPSA) is 69.4 Å². The fraction of sp³-hybridized carbons (Fsp3) is 0.750. The van der Waals surface area contributed by atoms with Crippen molar-refractivity contribution in [2.45, 2.75) is 31.1 Å². The quantitative estimate of drug-likeness (QED) is 0.484. The lowest BCUT2D eigenvalue weighted by Gasteiger charge is -2.09. The van der Waals surface area contributed by atoms with E-state index >= 15 is 0 Å². The van der Waals surface area contributed by atoms with Crippen LogP contribution in [0.25, 0.3) is 0 Å². The molecule has 1 atom stereocenters. The number of hydrogen-bond donors (Lipinski definition) is 1. The van der Waals surface area contributed by atoms with Crippen LogP contribution in [0.3, 0.4) is 0 Å². The normalized spacial score (nSPS) is 11.4. The molecule has 0 saturated heterocycles. The molecule has 0 aliphatic heterocycles. The molecule has 0 unspecified atom stereocenters. The highest BCUT2D eigenvalue weighted by atomic mass is 35.5. The third-order valence-electron chi connectivity index (χ3n) is 1.02. The first-order valence-electron chi connectivity index (χ1n) is 4.17. The van der Waals surface area contributed by atoms with Crippen molar-refractivity contribution in [1.29, 1.82) is 0 Å².